The van der Waals surface area contributed by atoms with Crippen molar-refractivity contribution in [1.82, 2.24) is 10.6 Å². The quantitative estimate of drug-likeness (QED) is 0.422. The van der Waals surface area contributed by atoms with E-state index in [0.29, 0.717) is 19.0 Å². The zero-order valence-corrected chi connectivity index (χ0v) is 14.9. The number of nitrogens with zero attached hydrogens (tertiary/aromatic N) is 1. The third-order valence-corrected chi connectivity index (χ3v) is 4.38. The number of guanidine groups is 1. The van der Waals surface area contributed by atoms with Crippen LogP contribution in [0.15, 0.2) is 35.3 Å². The minimum atomic E-state index is -2.94. The zero-order valence-electron chi connectivity index (χ0n) is 11.8. The monoisotopic (exact) mass is 411 g/mol. The molecule has 0 amide bonds. The highest BCUT2D eigenvalue weighted by atomic mass is 127. The third-order valence-electron chi connectivity index (χ3n) is 2.67. The Bertz CT molecular complexity index is 504. The molecule has 0 fully saturated rings. The maximum Gasteiger partial charge on any atom is 0.191 e. The van der Waals surface area contributed by atoms with Crippen LogP contribution >= 0.6 is 24.0 Å². The Morgan fingerprint density at radius 2 is 1.85 bits per heavy atom. The van der Waals surface area contributed by atoms with Crippen LogP contribution in [0.5, 0.6) is 0 Å². The highest BCUT2D eigenvalue weighted by Gasteiger charge is 2.07. The Morgan fingerprint density at radius 3 is 2.40 bits per heavy atom. The van der Waals surface area contributed by atoms with Crippen LogP contribution in [0.3, 0.4) is 0 Å². The molecule has 1 rings (SSSR count). The van der Waals surface area contributed by atoms with E-state index >= 15 is 0 Å². The molecule has 0 heterocycles. The molecule has 20 heavy (non-hydrogen) atoms. The molecule has 0 unspecified atom stereocenters. The van der Waals surface area contributed by atoms with Gasteiger partial charge in [-0.1, -0.05) is 37.3 Å². The van der Waals surface area contributed by atoms with Gasteiger partial charge < -0.3 is 10.6 Å². The van der Waals surface area contributed by atoms with Crippen LogP contribution in [-0.2, 0) is 16.4 Å². The number of nitrogens with one attached hydrogen (secondary N) is 2. The normalized spacial score (nSPS) is 11.6. The van der Waals surface area contributed by atoms with E-state index in [1.807, 2.05) is 30.3 Å². The molecular weight excluding hydrogens is 389 g/mol. The van der Waals surface area contributed by atoms with Crippen molar-refractivity contribution >= 4 is 39.8 Å². The molecule has 5 nitrogen and oxygen atoms in total. The number of hydrogen-bond donors (Lipinski definition) is 2. The largest absolute Gasteiger partial charge is 0.355 e. The number of benzene rings is 1. The first-order chi connectivity index (χ1) is 9.07. The van der Waals surface area contributed by atoms with Gasteiger partial charge in [0, 0.05) is 25.9 Å². The predicted molar refractivity (Wildman–Crippen MR) is 94.4 cm³/mol. The fourth-order valence-corrected chi connectivity index (χ4v) is 2.17. The van der Waals surface area contributed by atoms with Gasteiger partial charge in [-0.2, -0.15) is 0 Å². The summed E-state index contributed by atoms with van der Waals surface area (Å²) in [7, 11) is -1.27. The van der Waals surface area contributed by atoms with Crippen molar-refractivity contribution in [1.29, 1.82) is 0 Å². The summed E-state index contributed by atoms with van der Waals surface area (Å²) in [5.74, 6) is 0.899. The molecule has 1 aromatic carbocycles. The lowest BCUT2D eigenvalue weighted by Crippen LogP contribution is -2.39. The maximum absolute atomic E-state index is 11.3. The lowest BCUT2D eigenvalue weighted by atomic mass is 10.2. The van der Waals surface area contributed by atoms with Gasteiger partial charge in [0.1, 0.15) is 0 Å². The van der Waals surface area contributed by atoms with Gasteiger partial charge in [0.2, 0.25) is 0 Å². The van der Waals surface area contributed by atoms with Gasteiger partial charge in [0.05, 0.1) is 5.75 Å². The maximum atomic E-state index is 11.3. The summed E-state index contributed by atoms with van der Waals surface area (Å²) in [6.07, 6.45) is 0. The minimum absolute atomic E-state index is 0. The van der Waals surface area contributed by atoms with Crippen LogP contribution in [0, 0.1) is 0 Å². The Labute approximate surface area is 138 Å². The van der Waals surface area contributed by atoms with Crippen LogP contribution in [0.2, 0.25) is 0 Å². The fraction of sp³-hybridized carbons (Fsp3) is 0.462. The van der Waals surface area contributed by atoms with E-state index in [9.17, 15) is 8.42 Å². The number of halogens is 1. The number of sulfone groups is 1. The number of hydrogen-bond acceptors (Lipinski definition) is 3. The average molecular weight is 411 g/mol. The Morgan fingerprint density at radius 1 is 1.20 bits per heavy atom. The van der Waals surface area contributed by atoms with E-state index in [2.05, 4.69) is 15.6 Å². The summed E-state index contributed by atoms with van der Waals surface area (Å²) >= 11 is 0. The third kappa shape index (κ3) is 7.68. The Hall–Kier alpha value is -0.830. The summed E-state index contributed by atoms with van der Waals surface area (Å²) in [5.41, 5.74) is 1.15. The smallest absolute Gasteiger partial charge is 0.191 e. The van der Waals surface area contributed by atoms with Crippen LogP contribution in [0.25, 0.3) is 0 Å². The van der Waals surface area contributed by atoms with E-state index in [1.54, 1.807) is 14.0 Å². The number of rotatable bonds is 6. The molecule has 0 radical (unpaired) electrons. The van der Waals surface area contributed by atoms with Crippen LogP contribution < -0.4 is 10.6 Å². The van der Waals surface area contributed by atoms with E-state index < -0.39 is 9.84 Å². The molecule has 7 heteroatoms. The molecule has 0 saturated carbocycles. The van der Waals surface area contributed by atoms with Crippen molar-refractivity contribution in [3.05, 3.63) is 35.9 Å². The van der Waals surface area contributed by atoms with Gasteiger partial charge in [-0.25, -0.2) is 8.42 Å². The van der Waals surface area contributed by atoms with Crippen molar-refractivity contribution in [2.45, 2.75) is 13.5 Å². The minimum Gasteiger partial charge on any atom is -0.355 e. The summed E-state index contributed by atoms with van der Waals surface area (Å²) in [4.78, 5) is 4.05. The van der Waals surface area contributed by atoms with Gasteiger partial charge in [0.15, 0.2) is 15.8 Å². The Balaban J connectivity index is 0.00000361. The molecule has 0 atom stereocenters. The molecule has 2 N–H and O–H groups in total. The van der Waals surface area contributed by atoms with Gasteiger partial charge in [-0.3, -0.25) is 4.99 Å². The summed E-state index contributed by atoms with van der Waals surface area (Å²) in [6.45, 7) is 2.67. The van der Waals surface area contributed by atoms with Crippen LogP contribution in [0.4, 0.5) is 0 Å². The second-order valence-corrected chi connectivity index (χ2v) is 6.55. The van der Waals surface area contributed by atoms with Crippen molar-refractivity contribution in [2.75, 3.05) is 25.1 Å². The van der Waals surface area contributed by atoms with Gasteiger partial charge in [0.25, 0.3) is 0 Å². The highest BCUT2D eigenvalue weighted by molar-refractivity contribution is 14.0. The summed E-state index contributed by atoms with van der Waals surface area (Å²) in [5, 5.41) is 6.12. The SMILES string of the molecule is CCS(=O)(=O)CCNC(=NC)NCc1ccccc1.I. The Kier molecular flexibility index (Phi) is 9.56. The summed E-state index contributed by atoms with van der Waals surface area (Å²) in [6, 6.07) is 9.94. The van der Waals surface area contributed by atoms with Crippen molar-refractivity contribution < 1.29 is 8.42 Å². The average Bonchev–Trinajstić information content (AvgIpc) is 2.43. The van der Waals surface area contributed by atoms with Gasteiger partial charge in [-0.05, 0) is 5.56 Å². The second-order valence-electron chi connectivity index (χ2n) is 4.07. The molecule has 0 aliphatic rings. The standard InChI is InChI=1S/C13H21N3O2S.HI/c1-3-19(17,18)10-9-15-13(14-2)16-11-12-7-5-4-6-8-12;/h4-8H,3,9-11H2,1-2H3,(H2,14,15,16);1H. The zero-order chi connectivity index (χ0) is 14.1. The van der Waals surface area contributed by atoms with Crippen molar-refractivity contribution in [3.8, 4) is 0 Å². The van der Waals surface area contributed by atoms with Crippen molar-refractivity contribution in [3.63, 3.8) is 0 Å². The molecule has 0 aliphatic heterocycles. The fourth-order valence-electron chi connectivity index (χ4n) is 1.47. The predicted octanol–water partition coefficient (Wildman–Crippen LogP) is 1.40. The molecular formula is C13H22IN3O2S. The lowest BCUT2D eigenvalue weighted by molar-refractivity contribution is 0.595. The van der Waals surface area contributed by atoms with Crippen LogP contribution in [-0.4, -0.2) is 39.5 Å². The highest BCUT2D eigenvalue weighted by Crippen LogP contribution is 1.96. The van der Waals surface area contributed by atoms with E-state index in [1.165, 1.54) is 0 Å². The van der Waals surface area contributed by atoms with E-state index in [0.717, 1.165) is 5.56 Å². The van der Waals surface area contributed by atoms with E-state index in [-0.39, 0.29) is 35.5 Å². The molecule has 1 aromatic rings. The van der Waals surface area contributed by atoms with Gasteiger partial charge in [-0.15, -0.1) is 24.0 Å². The van der Waals surface area contributed by atoms with Crippen LogP contribution in [0.1, 0.15) is 12.5 Å². The van der Waals surface area contributed by atoms with Gasteiger partial charge >= 0.3 is 0 Å². The topological polar surface area (TPSA) is 70.6 Å². The number of aliphatic imine (C=N–C) groups is 1. The first-order valence-electron chi connectivity index (χ1n) is 6.26. The lowest BCUT2D eigenvalue weighted by Gasteiger charge is -2.11. The molecule has 0 spiro atoms. The molecule has 0 bridgehead atoms. The molecule has 0 saturated heterocycles. The second kappa shape index (κ2) is 9.98. The van der Waals surface area contributed by atoms with Crippen molar-refractivity contribution in [2.24, 2.45) is 4.99 Å². The molecule has 0 aromatic heterocycles. The molecule has 0 aliphatic carbocycles. The first-order valence-corrected chi connectivity index (χ1v) is 8.08. The summed E-state index contributed by atoms with van der Waals surface area (Å²) < 4.78 is 22.7. The first kappa shape index (κ1) is 19.2. The van der Waals surface area contributed by atoms with E-state index in [4.69, 9.17) is 0 Å². The molecule has 114 valence electrons.